The van der Waals surface area contributed by atoms with Crippen LogP contribution in [0.1, 0.15) is 72.1 Å². The molecule has 0 aromatic heterocycles. The largest absolute Gasteiger partial charge is 0.317 e. The zero-order chi connectivity index (χ0) is 11.4. The fourth-order valence-electron chi connectivity index (χ4n) is 1.71. The molecule has 0 amide bonds. The lowest BCUT2D eigenvalue weighted by molar-refractivity contribution is 0.480. The van der Waals surface area contributed by atoms with Crippen LogP contribution in [0.4, 0.5) is 0 Å². The van der Waals surface area contributed by atoms with Gasteiger partial charge in [0.1, 0.15) is 0 Å². The van der Waals surface area contributed by atoms with Gasteiger partial charge in [0.2, 0.25) is 0 Å². The Hall–Kier alpha value is -0.0400. The third-order valence-electron chi connectivity index (χ3n) is 3.22. The predicted octanol–water partition coefficient (Wildman–Crippen LogP) is 4.37. The van der Waals surface area contributed by atoms with E-state index in [4.69, 9.17) is 0 Å². The first-order valence-corrected chi connectivity index (χ1v) is 7.02. The summed E-state index contributed by atoms with van der Waals surface area (Å²) in [4.78, 5) is 0. The summed E-state index contributed by atoms with van der Waals surface area (Å²) >= 11 is 0. The number of hydrogen-bond donors (Lipinski definition) is 1. The van der Waals surface area contributed by atoms with Gasteiger partial charge in [0.05, 0.1) is 0 Å². The van der Waals surface area contributed by atoms with E-state index in [1.807, 2.05) is 0 Å². The van der Waals surface area contributed by atoms with Crippen LogP contribution in [-0.4, -0.2) is 13.1 Å². The molecule has 0 bridgehead atoms. The topological polar surface area (TPSA) is 12.0 Å². The Morgan fingerprint density at radius 3 is 2.20 bits per heavy atom. The van der Waals surface area contributed by atoms with Gasteiger partial charge in [-0.15, -0.1) is 0 Å². The summed E-state index contributed by atoms with van der Waals surface area (Å²) in [7, 11) is 0. The zero-order valence-electron chi connectivity index (χ0n) is 11.1. The monoisotopic (exact) mass is 213 g/mol. The molecule has 1 unspecified atom stereocenters. The quantitative estimate of drug-likeness (QED) is 0.502. The van der Waals surface area contributed by atoms with Gasteiger partial charge < -0.3 is 5.32 Å². The lowest BCUT2D eigenvalue weighted by atomic mass is 10.1. The number of hydrogen-bond acceptors (Lipinski definition) is 1. The summed E-state index contributed by atoms with van der Waals surface area (Å²) in [5.41, 5.74) is 0. The lowest BCUT2D eigenvalue weighted by Crippen LogP contribution is -2.18. The minimum absolute atomic E-state index is 0.891. The highest BCUT2D eigenvalue weighted by atomic mass is 14.8. The van der Waals surface area contributed by atoms with Crippen LogP contribution < -0.4 is 5.32 Å². The number of nitrogens with one attached hydrogen (secondary N) is 1. The molecule has 0 aliphatic rings. The normalized spacial score (nSPS) is 13.0. The third-order valence-corrected chi connectivity index (χ3v) is 3.22. The molecule has 92 valence electrons. The highest BCUT2D eigenvalue weighted by molar-refractivity contribution is 4.54. The van der Waals surface area contributed by atoms with Gasteiger partial charge in [-0.1, -0.05) is 59.3 Å². The van der Waals surface area contributed by atoms with Crippen molar-refractivity contribution in [2.24, 2.45) is 5.92 Å². The van der Waals surface area contributed by atoms with Crippen molar-refractivity contribution in [3.63, 3.8) is 0 Å². The average Bonchev–Trinajstić information content (AvgIpc) is 2.26. The minimum Gasteiger partial charge on any atom is -0.317 e. The van der Waals surface area contributed by atoms with Crippen LogP contribution >= 0.6 is 0 Å². The van der Waals surface area contributed by atoms with Crippen molar-refractivity contribution < 1.29 is 0 Å². The second kappa shape index (κ2) is 12.0. The summed E-state index contributed by atoms with van der Waals surface area (Å²) in [5.74, 6) is 0.891. The van der Waals surface area contributed by atoms with Crippen molar-refractivity contribution in [2.75, 3.05) is 13.1 Å². The molecule has 0 saturated heterocycles. The fraction of sp³-hybridized carbons (Fsp3) is 1.00. The van der Waals surface area contributed by atoms with Crippen molar-refractivity contribution in [2.45, 2.75) is 72.1 Å². The molecule has 0 spiro atoms. The van der Waals surface area contributed by atoms with Gasteiger partial charge >= 0.3 is 0 Å². The van der Waals surface area contributed by atoms with E-state index in [-0.39, 0.29) is 0 Å². The highest BCUT2D eigenvalue weighted by Gasteiger charge is 1.97. The SMILES string of the molecule is CCCCCCCCNCCC(C)CC. The van der Waals surface area contributed by atoms with Gasteiger partial charge in [0.15, 0.2) is 0 Å². The Morgan fingerprint density at radius 1 is 0.867 bits per heavy atom. The Bertz CT molecular complexity index is 112. The van der Waals surface area contributed by atoms with Gasteiger partial charge in [-0.25, -0.2) is 0 Å². The van der Waals surface area contributed by atoms with Crippen molar-refractivity contribution in [1.82, 2.24) is 5.32 Å². The maximum Gasteiger partial charge on any atom is -0.00464 e. The van der Waals surface area contributed by atoms with Gasteiger partial charge in [-0.3, -0.25) is 0 Å². The molecule has 15 heavy (non-hydrogen) atoms. The smallest absolute Gasteiger partial charge is 0.00464 e. The number of unbranched alkanes of at least 4 members (excludes halogenated alkanes) is 5. The molecule has 0 radical (unpaired) electrons. The predicted molar refractivity (Wildman–Crippen MR) is 70.3 cm³/mol. The van der Waals surface area contributed by atoms with Crippen molar-refractivity contribution >= 4 is 0 Å². The molecule has 0 aromatic rings. The van der Waals surface area contributed by atoms with E-state index in [1.54, 1.807) is 0 Å². The Balaban J connectivity index is 2.92. The highest BCUT2D eigenvalue weighted by Crippen LogP contribution is 2.05. The molecule has 0 rings (SSSR count). The fourth-order valence-corrected chi connectivity index (χ4v) is 1.71. The van der Waals surface area contributed by atoms with Crippen LogP contribution in [0.2, 0.25) is 0 Å². The first-order chi connectivity index (χ1) is 7.31. The van der Waals surface area contributed by atoms with E-state index in [0.29, 0.717) is 0 Å². The maximum absolute atomic E-state index is 3.54. The number of rotatable bonds is 11. The molecule has 0 saturated carbocycles. The molecule has 0 aliphatic carbocycles. The Labute approximate surface area is 97.0 Å². The minimum atomic E-state index is 0.891. The van der Waals surface area contributed by atoms with Crippen LogP contribution in [0, 0.1) is 5.92 Å². The van der Waals surface area contributed by atoms with Crippen LogP contribution in [0.25, 0.3) is 0 Å². The van der Waals surface area contributed by atoms with Crippen molar-refractivity contribution in [3.8, 4) is 0 Å². The van der Waals surface area contributed by atoms with Gasteiger partial charge in [-0.05, 0) is 31.8 Å². The van der Waals surface area contributed by atoms with Crippen molar-refractivity contribution in [1.29, 1.82) is 0 Å². The van der Waals surface area contributed by atoms with Gasteiger partial charge in [-0.2, -0.15) is 0 Å². The standard InChI is InChI=1S/C14H31N/c1-4-6-7-8-9-10-12-15-13-11-14(3)5-2/h14-15H,4-13H2,1-3H3. The van der Waals surface area contributed by atoms with E-state index in [9.17, 15) is 0 Å². The molecular weight excluding hydrogens is 182 g/mol. The maximum atomic E-state index is 3.54. The molecule has 0 heterocycles. The first-order valence-electron chi connectivity index (χ1n) is 7.02. The van der Waals surface area contributed by atoms with Crippen LogP contribution in [0.3, 0.4) is 0 Å². The lowest BCUT2D eigenvalue weighted by Gasteiger charge is -2.09. The Kier molecular flexibility index (Phi) is 12.0. The summed E-state index contributed by atoms with van der Waals surface area (Å²) in [6.07, 6.45) is 11.1. The molecule has 1 nitrogen and oxygen atoms in total. The molecule has 0 fully saturated rings. The van der Waals surface area contributed by atoms with E-state index in [0.717, 1.165) is 5.92 Å². The van der Waals surface area contributed by atoms with E-state index in [1.165, 1.54) is 64.5 Å². The Morgan fingerprint density at radius 2 is 1.53 bits per heavy atom. The zero-order valence-corrected chi connectivity index (χ0v) is 11.1. The second-order valence-electron chi connectivity index (χ2n) is 4.82. The van der Waals surface area contributed by atoms with E-state index >= 15 is 0 Å². The van der Waals surface area contributed by atoms with Crippen molar-refractivity contribution in [3.05, 3.63) is 0 Å². The average molecular weight is 213 g/mol. The van der Waals surface area contributed by atoms with Crippen LogP contribution in [-0.2, 0) is 0 Å². The molecule has 0 aliphatic heterocycles. The molecule has 1 atom stereocenters. The van der Waals surface area contributed by atoms with Crippen LogP contribution in [0.5, 0.6) is 0 Å². The summed E-state index contributed by atoms with van der Waals surface area (Å²) in [6, 6.07) is 0. The summed E-state index contributed by atoms with van der Waals surface area (Å²) in [5, 5.41) is 3.54. The van der Waals surface area contributed by atoms with Gasteiger partial charge in [0, 0.05) is 0 Å². The van der Waals surface area contributed by atoms with Crippen LogP contribution in [0.15, 0.2) is 0 Å². The van der Waals surface area contributed by atoms with Gasteiger partial charge in [0.25, 0.3) is 0 Å². The molecule has 1 N–H and O–H groups in total. The molecular formula is C14H31N. The molecule has 0 aromatic carbocycles. The summed E-state index contributed by atoms with van der Waals surface area (Å²) < 4.78 is 0. The molecule has 1 heteroatoms. The second-order valence-corrected chi connectivity index (χ2v) is 4.82. The summed E-state index contributed by atoms with van der Waals surface area (Å²) in [6.45, 7) is 9.33. The first kappa shape index (κ1) is 15.0. The van der Waals surface area contributed by atoms with E-state index < -0.39 is 0 Å². The third kappa shape index (κ3) is 11.9. The van der Waals surface area contributed by atoms with E-state index in [2.05, 4.69) is 26.1 Å².